The molecule has 0 radical (unpaired) electrons. The zero-order chi connectivity index (χ0) is 15.8. The summed E-state index contributed by atoms with van der Waals surface area (Å²) in [5.41, 5.74) is 1.22. The molecule has 0 aliphatic heterocycles. The molecule has 0 heterocycles. The van der Waals surface area contributed by atoms with E-state index in [1.165, 1.54) is 5.56 Å². The highest BCUT2D eigenvalue weighted by atomic mass is 79.9. The maximum atomic E-state index is 12.0. The predicted molar refractivity (Wildman–Crippen MR) is 86.3 cm³/mol. The van der Waals surface area contributed by atoms with E-state index in [-0.39, 0.29) is 12.0 Å². The van der Waals surface area contributed by atoms with Crippen LogP contribution in [0.25, 0.3) is 0 Å². The van der Waals surface area contributed by atoms with Crippen molar-refractivity contribution in [3.63, 3.8) is 0 Å². The van der Waals surface area contributed by atoms with E-state index >= 15 is 0 Å². The van der Waals surface area contributed by atoms with Crippen LogP contribution in [0.15, 0.2) is 30.3 Å². The Morgan fingerprint density at radius 3 is 2.14 bits per heavy atom. The van der Waals surface area contributed by atoms with Crippen LogP contribution in [-0.4, -0.2) is 30.1 Å². The van der Waals surface area contributed by atoms with Gasteiger partial charge in [0.15, 0.2) is 0 Å². The molecule has 0 N–H and O–H groups in total. The summed E-state index contributed by atoms with van der Waals surface area (Å²) in [6.07, 6.45) is -1.95. The lowest BCUT2D eigenvalue weighted by molar-refractivity contribution is -0.174. The number of alkyl halides is 5. The lowest BCUT2D eigenvalue weighted by Gasteiger charge is -2.30. The van der Waals surface area contributed by atoms with Crippen molar-refractivity contribution >= 4 is 31.9 Å². The van der Waals surface area contributed by atoms with E-state index in [1.807, 2.05) is 18.2 Å². The molecule has 0 spiro atoms. The van der Waals surface area contributed by atoms with Crippen LogP contribution in [0.1, 0.15) is 18.4 Å². The molecule has 120 valence electrons. The Labute approximate surface area is 140 Å². The van der Waals surface area contributed by atoms with Crippen LogP contribution in [0.3, 0.4) is 0 Å². The molecule has 0 aliphatic rings. The van der Waals surface area contributed by atoms with Crippen molar-refractivity contribution in [3.8, 4) is 0 Å². The van der Waals surface area contributed by atoms with E-state index in [9.17, 15) is 13.2 Å². The Bertz CT molecular complexity index is 392. The van der Waals surface area contributed by atoms with Crippen LogP contribution in [0.5, 0.6) is 0 Å². The number of halogens is 5. The highest BCUT2D eigenvalue weighted by Crippen LogP contribution is 2.33. The fraction of sp³-hybridized carbons (Fsp3) is 0.600. The summed E-state index contributed by atoms with van der Waals surface area (Å²) in [6.45, 7) is -1.03. The molecule has 0 atom stereocenters. The second-order valence-electron chi connectivity index (χ2n) is 5.20. The van der Waals surface area contributed by atoms with Crippen LogP contribution < -0.4 is 0 Å². The molecule has 21 heavy (non-hydrogen) atoms. The Morgan fingerprint density at radius 1 is 1.00 bits per heavy atom. The largest absolute Gasteiger partial charge is 0.411 e. The minimum atomic E-state index is -4.24. The van der Waals surface area contributed by atoms with Gasteiger partial charge in [-0.15, -0.1) is 0 Å². The summed E-state index contributed by atoms with van der Waals surface area (Å²) < 4.78 is 40.7. The number of benzene rings is 1. The Morgan fingerprint density at radius 2 is 1.62 bits per heavy atom. The predicted octanol–water partition coefficient (Wildman–Crippen LogP) is 5.36. The van der Waals surface area contributed by atoms with Gasteiger partial charge in [0.2, 0.25) is 0 Å². The summed E-state index contributed by atoms with van der Waals surface area (Å²) >= 11 is 7.08. The molecule has 0 unspecified atom stereocenters. The Kier molecular flexibility index (Phi) is 8.27. The zero-order valence-electron chi connectivity index (χ0n) is 11.6. The van der Waals surface area contributed by atoms with Gasteiger partial charge in [0.25, 0.3) is 0 Å². The normalized spacial score (nSPS) is 12.6. The van der Waals surface area contributed by atoms with Gasteiger partial charge < -0.3 is 4.74 Å². The van der Waals surface area contributed by atoms with E-state index < -0.39 is 12.8 Å². The van der Waals surface area contributed by atoms with E-state index in [2.05, 4.69) is 48.7 Å². The van der Waals surface area contributed by atoms with Gasteiger partial charge in [0, 0.05) is 17.3 Å². The average molecular weight is 432 g/mol. The van der Waals surface area contributed by atoms with Crippen LogP contribution >= 0.6 is 31.9 Å². The minimum Gasteiger partial charge on any atom is -0.372 e. The third-order valence-corrected chi connectivity index (χ3v) is 5.63. The fourth-order valence-corrected chi connectivity index (χ4v) is 4.00. The molecule has 0 bridgehead atoms. The van der Waals surface area contributed by atoms with E-state index in [0.29, 0.717) is 6.42 Å². The topological polar surface area (TPSA) is 9.23 Å². The SMILES string of the molecule is FC(F)(F)COCCCC(CBr)(CBr)Cc1ccccc1. The molecule has 1 rings (SSSR count). The van der Waals surface area contributed by atoms with Gasteiger partial charge >= 0.3 is 6.18 Å². The molecule has 0 aromatic heterocycles. The highest BCUT2D eigenvalue weighted by molar-refractivity contribution is 9.09. The first-order valence-electron chi connectivity index (χ1n) is 6.71. The first kappa shape index (κ1) is 19.0. The summed E-state index contributed by atoms with van der Waals surface area (Å²) in [5.74, 6) is 0. The average Bonchev–Trinajstić information content (AvgIpc) is 2.45. The maximum Gasteiger partial charge on any atom is 0.411 e. The molecular weight excluding hydrogens is 413 g/mol. The minimum absolute atomic E-state index is 0.0110. The third-order valence-electron chi connectivity index (χ3n) is 3.25. The molecule has 0 amide bonds. The second kappa shape index (κ2) is 9.16. The van der Waals surface area contributed by atoms with E-state index in [4.69, 9.17) is 0 Å². The van der Waals surface area contributed by atoms with Gasteiger partial charge in [-0.3, -0.25) is 0 Å². The van der Waals surface area contributed by atoms with Gasteiger partial charge in [-0.1, -0.05) is 62.2 Å². The molecule has 6 heteroatoms. The van der Waals surface area contributed by atoms with Crippen LogP contribution in [-0.2, 0) is 11.2 Å². The number of hydrogen-bond acceptors (Lipinski definition) is 1. The standard InChI is InChI=1S/C15H19Br2F3O/c16-10-14(11-17,9-13-5-2-1-3-6-13)7-4-8-21-12-15(18,19)20/h1-3,5-6H,4,7-12H2. The van der Waals surface area contributed by atoms with Gasteiger partial charge in [-0.25, -0.2) is 0 Å². The number of rotatable bonds is 9. The van der Waals surface area contributed by atoms with E-state index in [1.54, 1.807) is 0 Å². The fourth-order valence-electron chi connectivity index (χ4n) is 2.12. The molecule has 0 aliphatic carbocycles. The molecule has 1 nitrogen and oxygen atoms in total. The summed E-state index contributed by atoms with van der Waals surface area (Å²) in [6, 6.07) is 10.1. The van der Waals surface area contributed by atoms with Crippen LogP contribution in [0, 0.1) is 5.41 Å². The summed E-state index contributed by atoms with van der Waals surface area (Å²) in [5, 5.41) is 1.58. The smallest absolute Gasteiger partial charge is 0.372 e. The Balaban J connectivity index is 2.45. The van der Waals surface area contributed by atoms with Gasteiger partial charge in [0.05, 0.1) is 0 Å². The molecule has 0 fully saturated rings. The Hall–Kier alpha value is -0.0700. The number of hydrogen-bond donors (Lipinski definition) is 0. The highest BCUT2D eigenvalue weighted by Gasteiger charge is 2.29. The molecule has 1 aromatic rings. The summed E-state index contributed by atoms with van der Waals surface area (Å²) in [4.78, 5) is 0. The van der Waals surface area contributed by atoms with Crippen molar-refractivity contribution in [1.82, 2.24) is 0 Å². The van der Waals surface area contributed by atoms with Crippen molar-refractivity contribution in [3.05, 3.63) is 35.9 Å². The van der Waals surface area contributed by atoms with Crippen LogP contribution in [0.4, 0.5) is 13.2 Å². The first-order valence-corrected chi connectivity index (χ1v) is 8.95. The van der Waals surface area contributed by atoms with Crippen molar-refractivity contribution in [2.45, 2.75) is 25.4 Å². The zero-order valence-corrected chi connectivity index (χ0v) is 14.8. The quantitative estimate of drug-likeness (QED) is 0.377. The van der Waals surface area contributed by atoms with Crippen molar-refractivity contribution in [2.75, 3.05) is 23.9 Å². The second-order valence-corrected chi connectivity index (χ2v) is 6.32. The number of ether oxygens (including phenoxy) is 1. The van der Waals surface area contributed by atoms with Crippen molar-refractivity contribution in [2.24, 2.45) is 5.41 Å². The monoisotopic (exact) mass is 430 g/mol. The maximum absolute atomic E-state index is 12.0. The van der Waals surface area contributed by atoms with Crippen molar-refractivity contribution in [1.29, 1.82) is 0 Å². The molecule has 0 saturated carbocycles. The third kappa shape index (κ3) is 7.66. The first-order chi connectivity index (χ1) is 9.91. The lowest BCUT2D eigenvalue weighted by atomic mass is 9.81. The van der Waals surface area contributed by atoms with Crippen LogP contribution in [0.2, 0.25) is 0 Å². The van der Waals surface area contributed by atoms with Gasteiger partial charge in [-0.05, 0) is 30.2 Å². The summed E-state index contributed by atoms with van der Waals surface area (Å²) in [7, 11) is 0. The van der Waals surface area contributed by atoms with Gasteiger partial charge in [-0.2, -0.15) is 13.2 Å². The van der Waals surface area contributed by atoms with E-state index in [0.717, 1.165) is 23.5 Å². The van der Waals surface area contributed by atoms with Gasteiger partial charge in [0.1, 0.15) is 6.61 Å². The lowest BCUT2D eigenvalue weighted by Crippen LogP contribution is -2.28. The molecule has 0 saturated heterocycles. The van der Waals surface area contributed by atoms with Crippen molar-refractivity contribution < 1.29 is 17.9 Å². The molecular formula is C15H19Br2F3O. The molecule has 1 aromatic carbocycles.